The second-order valence-electron chi connectivity index (χ2n) is 7.88. The number of nitrogens with one attached hydrogen (secondary N) is 2. The minimum atomic E-state index is -0.462. The summed E-state index contributed by atoms with van der Waals surface area (Å²) in [5.74, 6) is -0.487. The number of phenols is 2. The lowest BCUT2D eigenvalue weighted by atomic mass is 9.85. The third-order valence-corrected chi connectivity index (χ3v) is 4.20. The number of hydrogen-bond donors (Lipinski definition) is 4. The van der Waals surface area contributed by atoms with E-state index in [0.29, 0.717) is 5.75 Å². The number of benzene rings is 2. The minimum Gasteiger partial charge on any atom is -0.508 e. The number of carbonyl (C=O) groups is 2. The normalized spacial score (nSPS) is 11.0. The molecule has 0 unspecified atom stereocenters. The molecule has 0 aliphatic rings. The molecular weight excluding hydrogens is 372 g/mol. The Morgan fingerprint density at radius 1 is 0.966 bits per heavy atom. The Morgan fingerprint density at radius 3 is 2.21 bits per heavy atom. The van der Waals surface area contributed by atoms with E-state index in [9.17, 15) is 19.8 Å². The number of aryl methyl sites for hydroxylation is 1. The van der Waals surface area contributed by atoms with Crippen LogP contribution in [0.3, 0.4) is 0 Å². The quantitative estimate of drug-likeness (QED) is 0.535. The molecule has 7 nitrogen and oxygen atoms in total. The Bertz CT molecular complexity index is 867. The molecule has 0 aliphatic heterocycles. The van der Waals surface area contributed by atoms with Crippen molar-refractivity contribution in [1.29, 1.82) is 0 Å². The molecule has 0 aromatic heterocycles. The molecule has 0 radical (unpaired) electrons. The summed E-state index contributed by atoms with van der Waals surface area (Å²) in [6.07, 6.45) is 0. The zero-order valence-electron chi connectivity index (χ0n) is 17.2. The molecule has 29 heavy (non-hydrogen) atoms. The summed E-state index contributed by atoms with van der Waals surface area (Å²) >= 11 is 0. The van der Waals surface area contributed by atoms with E-state index in [4.69, 9.17) is 4.74 Å². The summed E-state index contributed by atoms with van der Waals surface area (Å²) in [7, 11) is 0. The number of ether oxygens (including phenoxy) is 1. The van der Waals surface area contributed by atoms with Gasteiger partial charge in [-0.2, -0.15) is 0 Å². The summed E-state index contributed by atoms with van der Waals surface area (Å²) in [6, 6.07) is 9.50. The summed E-state index contributed by atoms with van der Waals surface area (Å²) in [4.78, 5) is 24.0. The molecule has 0 aliphatic carbocycles. The highest BCUT2D eigenvalue weighted by atomic mass is 16.5. The smallest absolute Gasteiger partial charge is 0.258 e. The fraction of sp³-hybridized carbons (Fsp3) is 0.364. The van der Waals surface area contributed by atoms with Crippen molar-refractivity contribution in [3.63, 3.8) is 0 Å². The molecule has 0 bridgehead atoms. The zero-order valence-corrected chi connectivity index (χ0v) is 17.2. The van der Waals surface area contributed by atoms with E-state index in [-0.39, 0.29) is 48.1 Å². The van der Waals surface area contributed by atoms with Crippen molar-refractivity contribution in [3.05, 3.63) is 53.1 Å². The standard InChI is InChI=1S/C22H28N2O5/c1-14-5-6-19(18(9-14)22(2,3)4)29-13-20(27)23-7-8-24-21(28)15-10-16(25)12-17(26)11-15/h5-6,9-12,25-26H,7-8,13H2,1-4H3,(H,23,27)(H,24,28). The minimum absolute atomic E-state index is 0.109. The summed E-state index contributed by atoms with van der Waals surface area (Å²) in [5, 5.41) is 24.1. The zero-order chi connectivity index (χ0) is 21.6. The van der Waals surface area contributed by atoms with Crippen LogP contribution in [0.25, 0.3) is 0 Å². The van der Waals surface area contributed by atoms with Crippen molar-refractivity contribution < 1.29 is 24.5 Å². The summed E-state index contributed by atoms with van der Waals surface area (Å²) in [6.45, 7) is 8.56. The molecule has 0 fully saturated rings. The van der Waals surface area contributed by atoms with Crippen LogP contribution in [0.2, 0.25) is 0 Å². The second-order valence-corrected chi connectivity index (χ2v) is 7.88. The molecule has 0 heterocycles. The molecule has 0 atom stereocenters. The molecule has 156 valence electrons. The molecule has 7 heteroatoms. The molecular formula is C22H28N2O5. The fourth-order valence-corrected chi connectivity index (χ4v) is 2.76. The van der Waals surface area contributed by atoms with Gasteiger partial charge in [-0.25, -0.2) is 0 Å². The van der Waals surface area contributed by atoms with Gasteiger partial charge in [0.25, 0.3) is 11.8 Å². The Morgan fingerprint density at radius 2 is 1.59 bits per heavy atom. The van der Waals surface area contributed by atoms with Gasteiger partial charge in [0.05, 0.1) is 0 Å². The van der Waals surface area contributed by atoms with Gasteiger partial charge in [-0.3, -0.25) is 9.59 Å². The third-order valence-electron chi connectivity index (χ3n) is 4.20. The van der Waals surface area contributed by atoms with Gasteiger partial charge in [-0.1, -0.05) is 38.5 Å². The van der Waals surface area contributed by atoms with Gasteiger partial charge in [0.2, 0.25) is 0 Å². The van der Waals surface area contributed by atoms with Gasteiger partial charge >= 0.3 is 0 Å². The third kappa shape index (κ3) is 6.71. The molecule has 2 aromatic rings. The second kappa shape index (κ2) is 9.32. The van der Waals surface area contributed by atoms with Gasteiger partial charge < -0.3 is 25.6 Å². The number of hydrogen-bond acceptors (Lipinski definition) is 5. The predicted octanol–water partition coefficient (Wildman–Crippen LogP) is 2.63. The lowest BCUT2D eigenvalue weighted by molar-refractivity contribution is -0.123. The summed E-state index contributed by atoms with van der Waals surface area (Å²) < 4.78 is 5.70. The Hall–Kier alpha value is -3.22. The number of amides is 2. The van der Waals surface area contributed by atoms with Crippen LogP contribution in [0.1, 0.15) is 42.3 Å². The van der Waals surface area contributed by atoms with Crippen LogP contribution in [-0.4, -0.2) is 41.7 Å². The first-order valence-corrected chi connectivity index (χ1v) is 9.38. The van der Waals surface area contributed by atoms with Crippen molar-refractivity contribution in [2.45, 2.75) is 33.1 Å². The maximum atomic E-state index is 12.0. The molecule has 0 saturated heterocycles. The van der Waals surface area contributed by atoms with Crippen molar-refractivity contribution in [2.24, 2.45) is 0 Å². The van der Waals surface area contributed by atoms with Crippen LogP contribution in [0, 0.1) is 6.92 Å². The molecule has 2 aromatic carbocycles. The first-order chi connectivity index (χ1) is 13.6. The highest BCUT2D eigenvalue weighted by Gasteiger charge is 2.19. The van der Waals surface area contributed by atoms with E-state index in [1.807, 2.05) is 19.1 Å². The average Bonchev–Trinajstić information content (AvgIpc) is 2.62. The van der Waals surface area contributed by atoms with E-state index >= 15 is 0 Å². The lowest BCUT2D eigenvalue weighted by Crippen LogP contribution is -2.36. The van der Waals surface area contributed by atoms with Crippen LogP contribution in [0.15, 0.2) is 36.4 Å². The van der Waals surface area contributed by atoms with Crippen LogP contribution < -0.4 is 15.4 Å². The van der Waals surface area contributed by atoms with Crippen LogP contribution in [-0.2, 0) is 10.2 Å². The van der Waals surface area contributed by atoms with Gasteiger partial charge in [0, 0.05) is 24.7 Å². The van der Waals surface area contributed by atoms with Gasteiger partial charge in [-0.05, 0) is 36.1 Å². The Kier molecular flexibility index (Phi) is 7.09. The first-order valence-electron chi connectivity index (χ1n) is 9.38. The van der Waals surface area contributed by atoms with E-state index in [1.54, 1.807) is 0 Å². The highest BCUT2D eigenvalue weighted by molar-refractivity contribution is 5.95. The predicted molar refractivity (Wildman–Crippen MR) is 110 cm³/mol. The van der Waals surface area contributed by atoms with Crippen molar-refractivity contribution in [3.8, 4) is 17.2 Å². The van der Waals surface area contributed by atoms with Gasteiger partial charge in [-0.15, -0.1) is 0 Å². The SMILES string of the molecule is Cc1ccc(OCC(=O)NCCNC(=O)c2cc(O)cc(O)c2)c(C(C)(C)C)c1. The van der Waals surface area contributed by atoms with E-state index in [0.717, 1.165) is 17.2 Å². The largest absolute Gasteiger partial charge is 0.508 e. The van der Waals surface area contributed by atoms with E-state index in [1.165, 1.54) is 12.1 Å². The Labute approximate surface area is 170 Å². The average molecular weight is 400 g/mol. The topological polar surface area (TPSA) is 108 Å². The summed E-state index contributed by atoms with van der Waals surface area (Å²) in [5.41, 5.74) is 2.18. The fourth-order valence-electron chi connectivity index (χ4n) is 2.76. The maximum absolute atomic E-state index is 12.0. The molecule has 0 spiro atoms. The Balaban J connectivity index is 1.79. The van der Waals surface area contributed by atoms with Gasteiger partial charge in [0.15, 0.2) is 6.61 Å². The number of aromatic hydroxyl groups is 2. The molecule has 4 N–H and O–H groups in total. The van der Waals surface area contributed by atoms with Crippen molar-refractivity contribution in [1.82, 2.24) is 10.6 Å². The highest BCUT2D eigenvalue weighted by Crippen LogP contribution is 2.32. The lowest BCUT2D eigenvalue weighted by Gasteiger charge is -2.23. The molecule has 2 rings (SSSR count). The number of carbonyl (C=O) groups excluding carboxylic acids is 2. The van der Waals surface area contributed by atoms with Crippen molar-refractivity contribution >= 4 is 11.8 Å². The maximum Gasteiger partial charge on any atom is 0.258 e. The van der Waals surface area contributed by atoms with E-state index in [2.05, 4.69) is 37.5 Å². The molecule has 0 saturated carbocycles. The number of phenolic OH excluding ortho intramolecular Hbond substituents is 2. The van der Waals surface area contributed by atoms with Crippen LogP contribution in [0.4, 0.5) is 0 Å². The van der Waals surface area contributed by atoms with Crippen molar-refractivity contribution in [2.75, 3.05) is 19.7 Å². The van der Waals surface area contributed by atoms with Crippen LogP contribution >= 0.6 is 0 Å². The van der Waals surface area contributed by atoms with Gasteiger partial charge in [0.1, 0.15) is 17.2 Å². The first kappa shape index (κ1) is 22.1. The van der Waals surface area contributed by atoms with Crippen LogP contribution in [0.5, 0.6) is 17.2 Å². The number of rotatable bonds is 7. The molecule has 2 amide bonds. The monoisotopic (exact) mass is 400 g/mol. The van der Waals surface area contributed by atoms with E-state index < -0.39 is 5.91 Å².